The maximum atomic E-state index is 11.8. The van der Waals surface area contributed by atoms with Gasteiger partial charge in [-0.25, -0.2) is 9.59 Å². The lowest BCUT2D eigenvalue weighted by Crippen LogP contribution is -2.41. The van der Waals surface area contributed by atoms with Crippen LogP contribution in [0.4, 0.5) is 0 Å². The van der Waals surface area contributed by atoms with Crippen LogP contribution in [0.25, 0.3) is 0 Å². The average Bonchev–Trinajstić information content (AvgIpc) is 2.36. The molecule has 0 saturated heterocycles. The first kappa shape index (κ1) is 18.4. The number of carbonyl (C=O) groups excluding carboxylic acids is 2. The van der Waals surface area contributed by atoms with E-state index in [4.69, 9.17) is 9.47 Å². The molecular weight excluding hydrogens is 256 g/mol. The van der Waals surface area contributed by atoms with Crippen LogP contribution in [0.1, 0.15) is 53.4 Å². The van der Waals surface area contributed by atoms with Crippen molar-refractivity contribution in [3.8, 4) is 0 Å². The first-order valence-electron chi connectivity index (χ1n) is 6.99. The van der Waals surface area contributed by atoms with Crippen LogP contribution in [-0.4, -0.2) is 24.1 Å². The van der Waals surface area contributed by atoms with Crippen LogP contribution in [-0.2, 0) is 19.1 Å². The molecule has 0 aliphatic rings. The standard InChI is InChI=1S/C16H26O4/c1-7-9-16(10-8-2,20-15(18)13(5)6)11-19-14(17)12(3)4/h3,5,7-11H2,1-2,4,6H3. The smallest absolute Gasteiger partial charge is 0.333 e. The first-order chi connectivity index (χ1) is 9.28. The van der Waals surface area contributed by atoms with Gasteiger partial charge in [0.05, 0.1) is 0 Å². The molecule has 0 aromatic rings. The molecule has 0 aromatic carbocycles. The van der Waals surface area contributed by atoms with E-state index in [1.165, 1.54) is 0 Å². The third-order valence-corrected chi connectivity index (χ3v) is 2.88. The highest BCUT2D eigenvalue weighted by Crippen LogP contribution is 2.26. The van der Waals surface area contributed by atoms with Gasteiger partial charge in [-0.05, 0) is 26.7 Å². The normalized spacial score (nSPS) is 10.8. The fourth-order valence-corrected chi connectivity index (χ4v) is 1.92. The van der Waals surface area contributed by atoms with Crippen molar-refractivity contribution in [1.29, 1.82) is 0 Å². The summed E-state index contributed by atoms with van der Waals surface area (Å²) in [5.74, 6) is -0.911. The Kier molecular flexibility index (Phi) is 7.89. The summed E-state index contributed by atoms with van der Waals surface area (Å²) in [6.07, 6.45) is 2.94. The number of ether oxygens (including phenoxy) is 2. The van der Waals surface area contributed by atoms with Crippen LogP contribution >= 0.6 is 0 Å². The molecule has 0 amide bonds. The van der Waals surface area contributed by atoms with Gasteiger partial charge >= 0.3 is 11.9 Å². The molecule has 0 heterocycles. The van der Waals surface area contributed by atoms with Gasteiger partial charge in [0.1, 0.15) is 12.2 Å². The zero-order valence-electron chi connectivity index (χ0n) is 13.1. The van der Waals surface area contributed by atoms with Crippen molar-refractivity contribution in [2.75, 3.05) is 6.61 Å². The summed E-state index contributed by atoms with van der Waals surface area (Å²) < 4.78 is 10.8. The van der Waals surface area contributed by atoms with Crippen LogP contribution in [0.2, 0.25) is 0 Å². The third kappa shape index (κ3) is 6.04. The highest BCUT2D eigenvalue weighted by Gasteiger charge is 2.34. The van der Waals surface area contributed by atoms with Gasteiger partial charge in [0, 0.05) is 11.1 Å². The van der Waals surface area contributed by atoms with E-state index in [1.54, 1.807) is 13.8 Å². The highest BCUT2D eigenvalue weighted by molar-refractivity contribution is 5.88. The Morgan fingerprint density at radius 3 is 1.75 bits per heavy atom. The zero-order valence-corrected chi connectivity index (χ0v) is 13.1. The molecule has 20 heavy (non-hydrogen) atoms. The summed E-state index contributed by atoms with van der Waals surface area (Å²) in [5.41, 5.74) is -0.101. The van der Waals surface area contributed by atoms with Gasteiger partial charge in [0.25, 0.3) is 0 Å². The van der Waals surface area contributed by atoms with Crippen molar-refractivity contribution < 1.29 is 19.1 Å². The van der Waals surface area contributed by atoms with E-state index in [9.17, 15) is 9.59 Å². The van der Waals surface area contributed by atoms with Crippen molar-refractivity contribution in [1.82, 2.24) is 0 Å². The Morgan fingerprint density at radius 1 is 0.950 bits per heavy atom. The summed E-state index contributed by atoms with van der Waals surface area (Å²) in [4.78, 5) is 23.3. The summed E-state index contributed by atoms with van der Waals surface area (Å²) in [6, 6.07) is 0. The fourth-order valence-electron chi connectivity index (χ4n) is 1.92. The second kappa shape index (κ2) is 8.56. The molecule has 0 N–H and O–H groups in total. The van der Waals surface area contributed by atoms with Gasteiger partial charge < -0.3 is 9.47 Å². The third-order valence-electron chi connectivity index (χ3n) is 2.88. The van der Waals surface area contributed by atoms with Crippen LogP contribution in [0, 0.1) is 0 Å². The topological polar surface area (TPSA) is 52.6 Å². The molecule has 4 nitrogen and oxygen atoms in total. The van der Waals surface area contributed by atoms with Crippen molar-refractivity contribution in [2.45, 2.75) is 59.0 Å². The second-order valence-corrected chi connectivity index (χ2v) is 5.21. The molecule has 0 saturated carbocycles. The number of hydrogen-bond donors (Lipinski definition) is 0. The van der Waals surface area contributed by atoms with E-state index >= 15 is 0 Å². The SMILES string of the molecule is C=C(C)C(=O)OCC(CCC)(CCC)OC(=O)C(=C)C. The molecule has 0 unspecified atom stereocenters. The lowest BCUT2D eigenvalue weighted by molar-refractivity contribution is -0.170. The van der Waals surface area contributed by atoms with Crippen LogP contribution in [0.3, 0.4) is 0 Å². The number of rotatable bonds is 9. The predicted octanol–water partition coefficient (Wildman–Crippen LogP) is 3.56. The second-order valence-electron chi connectivity index (χ2n) is 5.21. The zero-order chi connectivity index (χ0) is 15.8. The lowest BCUT2D eigenvalue weighted by Gasteiger charge is -2.32. The number of hydrogen-bond acceptors (Lipinski definition) is 4. The minimum Gasteiger partial charge on any atom is -0.458 e. The van der Waals surface area contributed by atoms with Gasteiger partial charge in [-0.1, -0.05) is 39.8 Å². The maximum absolute atomic E-state index is 11.8. The van der Waals surface area contributed by atoms with E-state index in [-0.39, 0.29) is 6.61 Å². The molecule has 4 heteroatoms. The van der Waals surface area contributed by atoms with Crippen molar-refractivity contribution >= 4 is 11.9 Å². The van der Waals surface area contributed by atoms with Crippen LogP contribution in [0.15, 0.2) is 24.3 Å². The van der Waals surface area contributed by atoms with Crippen LogP contribution in [0.5, 0.6) is 0 Å². The first-order valence-corrected chi connectivity index (χ1v) is 6.99. The van der Waals surface area contributed by atoms with Gasteiger partial charge in [0.15, 0.2) is 0 Å². The van der Waals surface area contributed by atoms with Crippen molar-refractivity contribution in [3.63, 3.8) is 0 Å². The quantitative estimate of drug-likeness (QED) is 0.479. The molecule has 0 atom stereocenters. The van der Waals surface area contributed by atoms with Gasteiger partial charge in [0.2, 0.25) is 0 Å². The Hall–Kier alpha value is -1.58. The Bertz CT molecular complexity index is 376. The highest BCUT2D eigenvalue weighted by atomic mass is 16.6. The lowest BCUT2D eigenvalue weighted by atomic mass is 9.93. The molecule has 0 fully saturated rings. The molecule has 0 radical (unpaired) electrons. The Balaban J connectivity index is 4.99. The Morgan fingerprint density at radius 2 is 1.40 bits per heavy atom. The van der Waals surface area contributed by atoms with E-state index in [0.717, 1.165) is 12.8 Å². The molecule has 0 aromatic heterocycles. The largest absolute Gasteiger partial charge is 0.458 e. The monoisotopic (exact) mass is 282 g/mol. The molecule has 0 bridgehead atoms. The fraction of sp³-hybridized carbons (Fsp3) is 0.625. The molecule has 0 aliphatic carbocycles. The average molecular weight is 282 g/mol. The summed E-state index contributed by atoms with van der Waals surface area (Å²) >= 11 is 0. The van der Waals surface area contributed by atoms with Gasteiger partial charge in [-0.2, -0.15) is 0 Å². The van der Waals surface area contributed by atoms with Crippen LogP contribution < -0.4 is 0 Å². The van der Waals surface area contributed by atoms with E-state index in [2.05, 4.69) is 13.2 Å². The van der Waals surface area contributed by atoms with Gasteiger partial charge in [-0.3, -0.25) is 0 Å². The van der Waals surface area contributed by atoms with Crippen molar-refractivity contribution in [2.24, 2.45) is 0 Å². The molecule has 114 valence electrons. The minimum absolute atomic E-state index is 0.0550. The Labute approximate surface area is 121 Å². The summed E-state index contributed by atoms with van der Waals surface area (Å²) in [5, 5.41) is 0. The van der Waals surface area contributed by atoms with E-state index < -0.39 is 17.5 Å². The number of carbonyl (C=O) groups is 2. The van der Waals surface area contributed by atoms with Crippen molar-refractivity contribution in [3.05, 3.63) is 24.3 Å². The maximum Gasteiger partial charge on any atom is 0.333 e. The molecule has 0 rings (SSSR count). The molecular formula is C16H26O4. The van der Waals surface area contributed by atoms with Gasteiger partial charge in [-0.15, -0.1) is 0 Å². The molecule has 0 spiro atoms. The summed E-state index contributed by atoms with van der Waals surface area (Å²) in [6.45, 7) is 14.4. The predicted molar refractivity (Wildman–Crippen MR) is 79.2 cm³/mol. The minimum atomic E-state index is -0.773. The summed E-state index contributed by atoms with van der Waals surface area (Å²) in [7, 11) is 0. The molecule has 0 aliphatic heterocycles. The van der Waals surface area contributed by atoms with E-state index in [1.807, 2.05) is 13.8 Å². The number of esters is 2. The van der Waals surface area contributed by atoms with E-state index in [0.29, 0.717) is 24.0 Å².